The second-order valence-corrected chi connectivity index (χ2v) is 19.8. The second kappa shape index (κ2) is 10.8. The van der Waals surface area contributed by atoms with Gasteiger partial charge in [0, 0.05) is 5.30 Å². The maximum atomic E-state index is 13.1. The Kier molecular flexibility index (Phi) is 7.01. The third kappa shape index (κ3) is 4.95. The van der Waals surface area contributed by atoms with Gasteiger partial charge in [0.05, 0.1) is 0 Å². The van der Waals surface area contributed by atoms with Crippen molar-refractivity contribution in [2.45, 2.75) is 0 Å². The lowest BCUT2D eigenvalue weighted by Crippen LogP contribution is -2.03. The molecule has 0 N–H and O–H groups in total. The zero-order chi connectivity index (χ0) is 30.6. The van der Waals surface area contributed by atoms with E-state index in [-0.39, 0.29) is 0 Å². The Bertz CT molecular complexity index is 2280. The maximum Gasteiger partial charge on any atom is 0.109 e. The summed E-state index contributed by atoms with van der Waals surface area (Å²) in [5.41, 5.74) is 7.23. The van der Waals surface area contributed by atoms with Gasteiger partial charge in [0.1, 0.15) is 7.14 Å². The van der Waals surface area contributed by atoms with Crippen molar-refractivity contribution < 1.29 is 4.57 Å². The molecule has 0 amide bonds. The van der Waals surface area contributed by atoms with E-state index in [1.807, 2.05) is 25.5 Å². The zero-order valence-electron chi connectivity index (χ0n) is 25.7. The molecule has 0 saturated carbocycles. The predicted molar refractivity (Wildman–Crippen MR) is 200 cm³/mol. The second-order valence-electron chi connectivity index (χ2n) is 12.7. The number of hydrogen-bond acceptors (Lipinski definition) is 1. The van der Waals surface area contributed by atoms with Crippen LogP contribution in [0.3, 0.4) is 0 Å². The lowest BCUT2D eigenvalue weighted by atomic mass is 9.84. The molecule has 0 aliphatic rings. The first kappa shape index (κ1) is 28.6. The monoisotopic (exact) mass is 606 g/mol. The van der Waals surface area contributed by atoms with Gasteiger partial charge in [0.15, 0.2) is 0 Å². The Morgan fingerprint density at radius 3 is 1.41 bits per heavy atom. The summed E-state index contributed by atoms with van der Waals surface area (Å²) >= 11 is 0. The van der Waals surface area contributed by atoms with Gasteiger partial charge in [-0.1, -0.05) is 135 Å². The van der Waals surface area contributed by atoms with Crippen LogP contribution < -0.4 is 10.6 Å². The van der Waals surface area contributed by atoms with Crippen LogP contribution in [0.2, 0.25) is 0 Å². The van der Waals surface area contributed by atoms with Crippen LogP contribution in [0, 0.1) is 0 Å². The Labute approximate surface area is 260 Å². The quantitative estimate of drug-likeness (QED) is 0.141. The molecule has 0 fully saturated rings. The average molecular weight is 607 g/mol. The van der Waals surface area contributed by atoms with E-state index in [1.54, 1.807) is 0 Å². The molecule has 0 saturated heterocycles. The van der Waals surface area contributed by atoms with Crippen molar-refractivity contribution in [2.75, 3.05) is 26.7 Å². The number of rotatable bonds is 5. The highest BCUT2D eigenvalue weighted by Crippen LogP contribution is 2.47. The van der Waals surface area contributed by atoms with Gasteiger partial charge in [0.2, 0.25) is 0 Å². The van der Waals surface area contributed by atoms with E-state index in [1.165, 1.54) is 65.4 Å². The van der Waals surface area contributed by atoms with Crippen LogP contribution in [-0.2, 0) is 4.57 Å². The molecule has 0 unspecified atom stereocenters. The fraction of sp³-hybridized carbons (Fsp3) is 0.0976. The van der Waals surface area contributed by atoms with E-state index >= 15 is 0 Å². The summed E-state index contributed by atoms with van der Waals surface area (Å²) in [6, 6.07) is 48.2. The summed E-state index contributed by atoms with van der Waals surface area (Å²) in [5.74, 6) is 0. The molecule has 44 heavy (non-hydrogen) atoms. The van der Waals surface area contributed by atoms with E-state index in [0.717, 1.165) is 10.9 Å². The largest absolute Gasteiger partial charge is 0.319 e. The van der Waals surface area contributed by atoms with Crippen molar-refractivity contribution >= 4 is 63.3 Å². The molecule has 0 spiro atoms. The zero-order valence-corrected chi connectivity index (χ0v) is 27.5. The minimum absolute atomic E-state index is 0.905. The van der Waals surface area contributed by atoms with Gasteiger partial charge in [-0.2, -0.15) is 0 Å². The van der Waals surface area contributed by atoms with Crippen LogP contribution in [0.1, 0.15) is 0 Å². The highest BCUT2D eigenvalue weighted by atomic mass is 31.2. The van der Waals surface area contributed by atoms with Gasteiger partial charge in [-0.05, 0) is 110 Å². The molecular formula is C41H36OP2. The van der Waals surface area contributed by atoms with Crippen molar-refractivity contribution in [1.82, 2.24) is 0 Å². The van der Waals surface area contributed by atoms with E-state index in [4.69, 9.17) is 0 Å². The average Bonchev–Trinajstić information content (AvgIpc) is 3.02. The lowest BCUT2D eigenvalue weighted by Gasteiger charge is -2.20. The highest BCUT2D eigenvalue weighted by Gasteiger charge is 2.20. The van der Waals surface area contributed by atoms with Crippen molar-refractivity contribution in [3.8, 4) is 33.4 Å². The summed E-state index contributed by atoms with van der Waals surface area (Å²) in [4.78, 5) is 0. The number of hydrogen-bond donors (Lipinski definition) is 0. The smallest absolute Gasteiger partial charge is 0.109 e. The van der Waals surface area contributed by atoms with Gasteiger partial charge in [-0.25, -0.2) is 0 Å². The Morgan fingerprint density at radius 2 is 0.864 bits per heavy atom. The summed E-state index contributed by atoms with van der Waals surface area (Å²) < 4.78 is 13.1. The molecule has 0 aromatic heterocycles. The lowest BCUT2D eigenvalue weighted by molar-refractivity contribution is 0.588. The summed E-state index contributed by atoms with van der Waals surface area (Å²) in [7, 11) is -2.42. The van der Waals surface area contributed by atoms with Crippen LogP contribution in [0.4, 0.5) is 0 Å². The van der Waals surface area contributed by atoms with Gasteiger partial charge in [0.25, 0.3) is 0 Å². The molecule has 0 heterocycles. The molecule has 0 aliphatic heterocycles. The summed E-state index contributed by atoms with van der Waals surface area (Å²) in [6.07, 6.45) is 4.49. The molecule has 7 aromatic carbocycles. The van der Waals surface area contributed by atoms with Gasteiger partial charge in [-0.15, -0.1) is 0 Å². The van der Waals surface area contributed by atoms with Gasteiger partial charge >= 0.3 is 0 Å². The normalized spacial score (nSPS) is 12.3. The summed E-state index contributed by atoms with van der Waals surface area (Å²) in [5, 5.41) is 9.55. The van der Waals surface area contributed by atoms with E-state index in [0.29, 0.717) is 0 Å². The molecule has 0 bridgehead atoms. The molecule has 7 aromatic rings. The third-order valence-corrected chi connectivity index (χ3v) is 11.9. The molecule has 3 heteroatoms. The van der Waals surface area contributed by atoms with Crippen LogP contribution >= 0.6 is 14.0 Å². The van der Waals surface area contributed by atoms with Crippen molar-refractivity contribution in [3.63, 3.8) is 0 Å². The maximum absolute atomic E-state index is 13.1. The first-order valence-corrected chi connectivity index (χ1v) is 20.5. The van der Waals surface area contributed by atoms with E-state index in [2.05, 4.69) is 141 Å². The molecule has 0 radical (unpaired) electrons. The Morgan fingerprint density at radius 1 is 0.432 bits per heavy atom. The topological polar surface area (TPSA) is 17.1 Å². The number of fused-ring (bicyclic) bond motifs is 3. The third-order valence-electron chi connectivity index (χ3n) is 8.74. The molecule has 0 atom stereocenters. The van der Waals surface area contributed by atoms with Crippen LogP contribution in [0.5, 0.6) is 0 Å². The number of benzene rings is 7. The Hall–Kier alpha value is -4.15. The van der Waals surface area contributed by atoms with Crippen molar-refractivity contribution in [1.29, 1.82) is 0 Å². The van der Waals surface area contributed by atoms with E-state index < -0.39 is 14.0 Å². The minimum atomic E-state index is -2.42. The van der Waals surface area contributed by atoms with E-state index in [9.17, 15) is 4.57 Å². The SMILES string of the molecule is C=P(C)(C)c1cccc(-c2ccc(-c3c4ccccc4c(-c4cccc(P(C)(C)=O)c4)c4ccccc34)c3ccccc23)c1. The first-order valence-electron chi connectivity index (χ1n) is 15.0. The van der Waals surface area contributed by atoms with Gasteiger partial charge < -0.3 is 4.57 Å². The van der Waals surface area contributed by atoms with Crippen molar-refractivity contribution in [2.24, 2.45) is 0 Å². The molecule has 0 aliphatic carbocycles. The van der Waals surface area contributed by atoms with Crippen LogP contribution in [-0.4, -0.2) is 33.0 Å². The highest BCUT2D eigenvalue weighted by molar-refractivity contribution is 7.79. The van der Waals surface area contributed by atoms with Gasteiger partial charge in [-0.3, -0.25) is 0 Å². The fourth-order valence-electron chi connectivity index (χ4n) is 6.54. The molecule has 1 nitrogen and oxygen atoms in total. The first-order chi connectivity index (χ1) is 21.1. The standard InChI is InChI=1S/C41H36OP2/c1-43(2,3)30-16-12-14-28(26-30)32-24-25-39(34-19-7-6-18-33(32)34)41-37-22-10-8-20-35(37)40(36-21-9-11-23-38(36)41)29-15-13-17-31(27-29)44(4,5)42/h6-27H,1H2,2-5H3. The molecule has 7 rings (SSSR count). The van der Waals surface area contributed by atoms with Crippen molar-refractivity contribution in [3.05, 3.63) is 133 Å². The Balaban J connectivity index is 1.55. The fourth-order valence-corrected chi connectivity index (χ4v) is 8.42. The van der Waals surface area contributed by atoms with Crippen LogP contribution in [0.15, 0.2) is 133 Å². The molecule has 216 valence electrons. The molecular weight excluding hydrogens is 570 g/mol. The van der Waals surface area contributed by atoms with Crippen LogP contribution in [0.25, 0.3) is 65.7 Å². The summed E-state index contributed by atoms with van der Waals surface area (Å²) in [6.45, 7) is 6.83. The predicted octanol–water partition coefficient (Wildman–Crippen LogP) is 10.7. The minimum Gasteiger partial charge on any atom is -0.319 e.